The van der Waals surface area contributed by atoms with Crippen LogP contribution in [0.15, 0.2) is 12.2 Å². The van der Waals surface area contributed by atoms with Gasteiger partial charge < -0.3 is 4.74 Å². The average molecular weight is 163 g/mol. The first-order chi connectivity index (χ1) is 5.27. The van der Waals surface area contributed by atoms with Gasteiger partial charge in [-0.3, -0.25) is 0 Å². The van der Waals surface area contributed by atoms with Crippen LogP contribution >= 0.6 is 0 Å². The molecule has 0 aromatic rings. The van der Waals surface area contributed by atoms with Gasteiger partial charge in [0, 0.05) is 13.2 Å². The highest BCUT2D eigenvalue weighted by Crippen LogP contribution is 2.01. The van der Waals surface area contributed by atoms with Gasteiger partial charge in [0.05, 0.1) is 0 Å². The summed E-state index contributed by atoms with van der Waals surface area (Å²) < 4.78 is 27.9. The van der Waals surface area contributed by atoms with E-state index in [0.717, 1.165) is 12.5 Å². The van der Waals surface area contributed by atoms with Gasteiger partial charge in [-0.15, -0.1) is 0 Å². The van der Waals surface area contributed by atoms with Crippen LogP contribution in [0.5, 0.6) is 0 Å². The summed E-state index contributed by atoms with van der Waals surface area (Å²) >= 11 is 0. The fourth-order valence-corrected chi connectivity index (χ4v) is 0.601. The van der Waals surface area contributed by atoms with Crippen LogP contribution in [-0.4, -0.2) is 13.2 Å². The molecular weight excluding hydrogens is 150 g/mol. The highest BCUT2D eigenvalue weighted by molar-refractivity contribution is 4.79. The van der Waals surface area contributed by atoms with Crippen molar-refractivity contribution in [2.45, 2.75) is 19.3 Å². The van der Waals surface area contributed by atoms with E-state index in [9.17, 15) is 8.78 Å². The van der Waals surface area contributed by atoms with Crippen LogP contribution < -0.4 is 0 Å². The van der Waals surface area contributed by atoms with Crippen LogP contribution in [0.2, 0.25) is 0 Å². The van der Waals surface area contributed by atoms with E-state index >= 15 is 0 Å². The molecule has 0 saturated carbocycles. The van der Waals surface area contributed by atoms with Gasteiger partial charge in [-0.1, -0.05) is 6.92 Å². The molecule has 65 valence electrons. The molecule has 1 radical (unpaired) electrons. The molecule has 3 heteroatoms. The molecule has 0 amide bonds. The summed E-state index contributed by atoms with van der Waals surface area (Å²) in [5.41, 5.74) is 0. The van der Waals surface area contributed by atoms with Crippen LogP contribution in [0, 0.1) is 6.92 Å². The van der Waals surface area contributed by atoms with Crippen molar-refractivity contribution in [2.75, 3.05) is 13.2 Å². The minimum Gasteiger partial charge on any atom is -0.381 e. The number of allylic oxidation sites excluding steroid dienone is 1. The van der Waals surface area contributed by atoms with Crippen LogP contribution in [-0.2, 0) is 4.74 Å². The Kier molecular flexibility index (Phi) is 7.36. The number of rotatable bonds is 6. The van der Waals surface area contributed by atoms with Crippen molar-refractivity contribution in [1.82, 2.24) is 0 Å². The highest BCUT2D eigenvalue weighted by Gasteiger charge is 1.89. The maximum Gasteiger partial charge on any atom is 0.266 e. The zero-order chi connectivity index (χ0) is 8.53. The molecule has 1 nitrogen and oxygen atoms in total. The number of hydrogen-bond donors (Lipinski definition) is 0. The van der Waals surface area contributed by atoms with Crippen molar-refractivity contribution in [3.05, 3.63) is 19.1 Å². The van der Waals surface area contributed by atoms with E-state index in [-0.39, 0.29) is 0 Å². The number of ether oxygens (including phenoxy) is 1. The number of halogens is 2. The van der Waals surface area contributed by atoms with E-state index in [1.807, 2.05) is 0 Å². The quantitative estimate of drug-likeness (QED) is 0.547. The normalized spacial score (nSPS) is 9.73. The minimum atomic E-state index is -1.61. The predicted molar refractivity (Wildman–Crippen MR) is 40.3 cm³/mol. The van der Waals surface area contributed by atoms with Gasteiger partial charge in [-0.2, -0.15) is 8.78 Å². The summed E-state index contributed by atoms with van der Waals surface area (Å²) in [4.78, 5) is 0. The lowest BCUT2D eigenvalue weighted by atomic mass is 10.3. The van der Waals surface area contributed by atoms with Crippen molar-refractivity contribution in [3.63, 3.8) is 0 Å². The topological polar surface area (TPSA) is 9.23 Å². The monoisotopic (exact) mass is 163 g/mol. The standard InChI is InChI=1S/C8H13F2O/c1-2-6-11-7-4-3-5-8(9)10/h5H,1-4,6-7H2. The van der Waals surface area contributed by atoms with E-state index in [0.29, 0.717) is 26.1 Å². The van der Waals surface area contributed by atoms with Gasteiger partial charge in [0.1, 0.15) is 0 Å². The largest absolute Gasteiger partial charge is 0.381 e. The lowest BCUT2D eigenvalue weighted by Crippen LogP contribution is -1.94. The molecule has 0 saturated heterocycles. The first kappa shape index (κ1) is 10.6. The van der Waals surface area contributed by atoms with Crippen molar-refractivity contribution < 1.29 is 13.5 Å². The third-order valence-electron chi connectivity index (χ3n) is 1.08. The van der Waals surface area contributed by atoms with E-state index in [2.05, 4.69) is 6.92 Å². The van der Waals surface area contributed by atoms with Crippen LogP contribution in [0.4, 0.5) is 8.78 Å². The average Bonchev–Trinajstić information content (AvgIpc) is 1.96. The molecule has 0 aliphatic carbocycles. The maximum absolute atomic E-state index is 11.4. The summed E-state index contributed by atoms with van der Waals surface area (Å²) in [6, 6.07) is 0. The Hall–Kier alpha value is -0.440. The minimum absolute atomic E-state index is 0.388. The number of hydrogen-bond acceptors (Lipinski definition) is 1. The molecule has 0 unspecified atom stereocenters. The smallest absolute Gasteiger partial charge is 0.266 e. The first-order valence-electron chi connectivity index (χ1n) is 3.65. The molecule has 11 heavy (non-hydrogen) atoms. The summed E-state index contributed by atoms with van der Waals surface area (Å²) in [5, 5.41) is 0. The van der Waals surface area contributed by atoms with Gasteiger partial charge >= 0.3 is 0 Å². The van der Waals surface area contributed by atoms with Crippen molar-refractivity contribution >= 4 is 0 Å². The summed E-state index contributed by atoms with van der Waals surface area (Å²) in [6.07, 6.45) is 1.07. The van der Waals surface area contributed by atoms with Crippen molar-refractivity contribution in [1.29, 1.82) is 0 Å². The predicted octanol–water partition coefficient (Wildman–Crippen LogP) is 2.79. The second kappa shape index (κ2) is 7.66. The summed E-state index contributed by atoms with van der Waals surface area (Å²) in [5.74, 6) is 0. The Morgan fingerprint density at radius 1 is 1.36 bits per heavy atom. The second-order valence-corrected chi connectivity index (χ2v) is 2.10. The molecule has 0 aromatic carbocycles. The lowest BCUT2D eigenvalue weighted by molar-refractivity contribution is 0.136. The maximum atomic E-state index is 11.4. The fraction of sp³-hybridized carbons (Fsp3) is 0.625. The Labute approximate surface area is 66.0 Å². The Bertz CT molecular complexity index is 109. The SMILES string of the molecule is [CH2]CCOCCCC=C(F)F. The Morgan fingerprint density at radius 2 is 2.09 bits per heavy atom. The lowest BCUT2D eigenvalue weighted by Gasteiger charge is -1.98. The molecule has 0 fully saturated rings. The van der Waals surface area contributed by atoms with E-state index < -0.39 is 6.08 Å². The number of unbranched alkanes of at least 4 members (excludes halogenated alkanes) is 1. The van der Waals surface area contributed by atoms with E-state index in [1.54, 1.807) is 0 Å². The Balaban J connectivity index is 2.97. The van der Waals surface area contributed by atoms with Gasteiger partial charge in [0.15, 0.2) is 0 Å². The fourth-order valence-electron chi connectivity index (χ4n) is 0.601. The zero-order valence-electron chi connectivity index (χ0n) is 6.48. The summed E-state index contributed by atoms with van der Waals surface area (Å²) in [7, 11) is 0. The molecule has 0 bridgehead atoms. The van der Waals surface area contributed by atoms with E-state index in [4.69, 9.17) is 4.74 Å². The molecule has 0 aliphatic rings. The molecule has 0 aromatic heterocycles. The zero-order valence-corrected chi connectivity index (χ0v) is 6.48. The van der Waals surface area contributed by atoms with Crippen LogP contribution in [0.3, 0.4) is 0 Å². The highest BCUT2D eigenvalue weighted by atomic mass is 19.3. The molecule has 0 atom stereocenters. The molecule has 0 heterocycles. The third-order valence-corrected chi connectivity index (χ3v) is 1.08. The van der Waals surface area contributed by atoms with Gasteiger partial charge in [0.2, 0.25) is 0 Å². The Morgan fingerprint density at radius 3 is 2.64 bits per heavy atom. The molecular formula is C8H13F2O. The summed E-state index contributed by atoms with van der Waals surface area (Å²) in [6.45, 7) is 4.73. The first-order valence-corrected chi connectivity index (χ1v) is 3.65. The van der Waals surface area contributed by atoms with Gasteiger partial charge in [0.25, 0.3) is 6.08 Å². The second-order valence-electron chi connectivity index (χ2n) is 2.10. The van der Waals surface area contributed by atoms with Gasteiger partial charge in [-0.25, -0.2) is 0 Å². The molecule has 0 aliphatic heterocycles. The van der Waals surface area contributed by atoms with Crippen molar-refractivity contribution in [3.8, 4) is 0 Å². The van der Waals surface area contributed by atoms with Crippen LogP contribution in [0.1, 0.15) is 19.3 Å². The van der Waals surface area contributed by atoms with E-state index in [1.165, 1.54) is 0 Å². The van der Waals surface area contributed by atoms with Gasteiger partial charge in [-0.05, 0) is 25.3 Å². The molecule has 0 spiro atoms. The molecule has 0 N–H and O–H groups in total. The van der Waals surface area contributed by atoms with Crippen LogP contribution in [0.25, 0.3) is 0 Å². The third kappa shape index (κ3) is 9.56. The van der Waals surface area contributed by atoms with Crippen molar-refractivity contribution in [2.24, 2.45) is 0 Å². The molecule has 0 rings (SSSR count).